The van der Waals surface area contributed by atoms with Gasteiger partial charge in [-0.05, 0) is 49.4 Å². The van der Waals surface area contributed by atoms with Crippen LogP contribution in [0.5, 0.6) is 0 Å². The molecule has 1 nitrogen and oxygen atoms in total. The molecule has 3 heteroatoms. The fraction of sp³-hybridized carbons (Fsp3) is 0.333. The summed E-state index contributed by atoms with van der Waals surface area (Å²) in [6, 6.07) is 11.5. The van der Waals surface area contributed by atoms with E-state index in [9.17, 15) is 8.78 Å². The zero-order chi connectivity index (χ0) is 15.0. The van der Waals surface area contributed by atoms with Crippen LogP contribution < -0.4 is 5.32 Å². The highest BCUT2D eigenvalue weighted by Gasteiger charge is 2.31. The molecule has 2 aromatic carbocycles. The van der Waals surface area contributed by atoms with Gasteiger partial charge in [-0.3, -0.25) is 0 Å². The van der Waals surface area contributed by atoms with E-state index >= 15 is 0 Å². The summed E-state index contributed by atoms with van der Waals surface area (Å²) in [5, 5.41) is 3.18. The van der Waals surface area contributed by atoms with Gasteiger partial charge in [0.25, 0.3) is 0 Å². The van der Waals surface area contributed by atoms with Gasteiger partial charge < -0.3 is 5.32 Å². The van der Waals surface area contributed by atoms with Gasteiger partial charge in [0.1, 0.15) is 0 Å². The molecule has 0 spiro atoms. The Bertz CT molecular complexity index is 641. The molecular formula is C18H19F2N. The van der Waals surface area contributed by atoms with Crippen molar-refractivity contribution in [2.75, 3.05) is 7.05 Å². The number of fused-ring (bicyclic) bond motifs is 1. The maximum atomic E-state index is 14.3. The molecule has 0 radical (unpaired) electrons. The van der Waals surface area contributed by atoms with Crippen molar-refractivity contribution in [3.8, 4) is 0 Å². The molecule has 2 aromatic rings. The number of nitrogens with one attached hydrogen (secondary N) is 1. The molecule has 1 aliphatic rings. The summed E-state index contributed by atoms with van der Waals surface area (Å²) in [6.45, 7) is 1.59. The van der Waals surface area contributed by atoms with Gasteiger partial charge in [0, 0.05) is 11.6 Å². The molecule has 0 aliphatic heterocycles. The van der Waals surface area contributed by atoms with Crippen LogP contribution >= 0.6 is 0 Å². The Hall–Kier alpha value is -1.74. The van der Waals surface area contributed by atoms with E-state index in [1.807, 2.05) is 19.2 Å². The predicted molar refractivity (Wildman–Crippen MR) is 80.2 cm³/mol. The van der Waals surface area contributed by atoms with Crippen molar-refractivity contribution in [3.63, 3.8) is 0 Å². The second-order valence-corrected chi connectivity index (χ2v) is 5.80. The third-order valence-electron chi connectivity index (χ3n) is 4.51. The average Bonchev–Trinajstić information content (AvgIpc) is 2.91. The molecule has 0 amide bonds. The van der Waals surface area contributed by atoms with Crippen LogP contribution in [0.25, 0.3) is 0 Å². The number of halogens is 2. The van der Waals surface area contributed by atoms with E-state index in [0.29, 0.717) is 11.1 Å². The fourth-order valence-corrected chi connectivity index (χ4v) is 3.37. The molecule has 0 bridgehead atoms. The molecule has 21 heavy (non-hydrogen) atoms. The maximum absolute atomic E-state index is 14.3. The van der Waals surface area contributed by atoms with Gasteiger partial charge in [-0.25, -0.2) is 8.78 Å². The van der Waals surface area contributed by atoms with Gasteiger partial charge in [-0.1, -0.05) is 36.4 Å². The highest BCUT2D eigenvalue weighted by atomic mass is 19.2. The average molecular weight is 287 g/mol. The van der Waals surface area contributed by atoms with Crippen LogP contribution in [0, 0.1) is 24.5 Å². The van der Waals surface area contributed by atoms with E-state index in [4.69, 9.17) is 0 Å². The van der Waals surface area contributed by atoms with Gasteiger partial charge in [0.15, 0.2) is 11.6 Å². The molecule has 1 unspecified atom stereocenters. The summed E-state index contributed by atoms with van der Waals surface area (Å²) in [5.74, 6) is -1.20. The molecule has 1 aliphatic carbocycles. The Kier molecular flexibility index (Phi) is 3.77. The first-order chi connectivity index (χ1) is 10.1. The molecule has 110 valence electrons. The van der Waals surface area contributed by atoms with Gasteiger partial charge in [0.2, 0.25) is 0 Å². The summed E-state index contributed by atoms with van der Waals surface area (Å²) in [7, 11) is 1.81. The first-order valence-electron chi connectivity index (χ1n) is 7.30. The quantitative estimate of drug-likeness (QED) is 0.901. The van der Waals surface area contributed by atoms with Crippen LogP contribution in [-0.4, -0.2) is 7.05 Å². The van der Waals surface area contributed by atoms with Crippen LogP contribution in [0.15, 0.2) is 36.4 Å². The van der Waals surface area contributed by atoms with Gasteiger partial charge in [-0.2, -0.15) is 0 Å². The standard InChI is InChI=1S/C18H19F2N/c1-11-7-8-15(17(20)16(11)19)18(21-2)14-9-12-5-3-4-6-13(12)10-14/h3-8,14,18,21H,9-10H2,1-2H3. The molecule has 0 saturated heterocycles. The Morgan fingerprint density at radius 1 is 1.00 bits per heavy atom. The van der Waals surface area contributed by atoms with Crippen LogP contribution in [0.3, 0.4) is 0 Å². The first kappa shape index (κ1) is 14.2. The third kappa shape index (κ3) is 2.46. The predicted octanol–water partition coefficient (Wildman–Crippen LogP) is 3.95. The lowest BCUT2D eigenvalue weighted by molar-refractivity contribution is 0.375. The number of hydrogen-bond acceptors (Lipinski definition) is 1. The number of benzene rings is 2. The number of rotatable bonds is 3. The Morgan fingerprint density at radius 2 is 1.62 bits per heavy atom. The molecule has 1 N–H and O–H groups in total. The monoisotopic (exact) mass is 287 g/mol. The van der Waals surface area contributed by atoms with Crippen molar-refractivity contribution in [3.05, 3.63) is 70.3 Å². The van der Waals surface area contributed by atoms with E-state index in [-0.39, 0.29) is 12.0 Å². The van der Waals surface area contributed by atoms with Crippen LogP contribution in [0.4, 0.5) is 8.78 Å². The van der Waals surface area contributed by atoms with E-state index in [1.165, 1.54) is 11.1 Å². The van der Waals surface area contributed by atoms with Crippen molar-refractivity contribution in [1.82, 2.24) is 5.32 Å². The van der Waals surface area contributed by atoms with Crippen molar-refractivity contribution in [2.24, 2.45) is 5.92 Å². The highest BCUT2D eigenvalue weighted by Crippen LogP contribution is 2.36. The molecule has 0 heterocycles. The minimum Gasteiger partial charge on any atom is -0.313 e. The topological polar surface area (TPSA) is 12.0 Å². The van der Waals surface area contributed by atoms with E-state index in [0.717, 1.165) is 12.8 Å². The Morgan fingerprint density at radius 3 is 2.19 bits per heavy atom. The van der Waals surface area contributed by atoms with E-state index < -0.39 is 11.6 Å². The second kappa shape index (κ2) is 5.57. The maximum Gasteiger partial charge on any atom is 0.163 e. The lowest BCUT2D eigenvalue weighted by atomic mass is 9.89. The van der Waals surface area contributed by atoms with Crippen molar-refractivity contribution >= 4 is 0 Å². The number of hydrogen-bond donors (Lipinski definition) is 1. The lowest BCUT2D eigenvalue weighted by Crippen LogP contribution is -2.27. The minimum absolute atomic E-state index is 0.174. The largest absolute Gasteiger partial charge is 0.313 e. The van der Waals surface area contributed by atoms with E-state index in [1.54, 1.807) is 19.1 Å². The zero-order valence-corrected chi connectivity index (χ0v) is 12.3. The molecule has 1 atom stereocenters. The molecular weight excluding hydrogens is 268 g/mol. The first-order valence-corrected chi connectivity index (χ1v) is 7.30. The Balaban J connectivity index is 1.93. The smallest absolute Gasteiger partial charge is 0.163 e. The summed E-state index contributed by atoms with van der Waals surface area (Å²) in [4.78, 5) is 0. The van der Waals surface area contributed by atoms with Crippen molar-refractivity contribution in [2.45, 2.75) is 25.8 Å². The SMILES string of the molecule is CNC(c1ccc(C)c(F)c1F)C1Cc2ccccc2C1. The summed E-state index contributed by atoms with van der Waals surface area (Å²) < 4.78 is 28.1. The van der Waals surface area contributed by atoms with Gasteiger partial charge in [0.05, 0.1) is 0 Å². The number of aryl methyl sites for hydroxylation is 1. The molecule has 0 fully saturated rings. The van der Waals surface area contributed by atoms with Crippen molar-refractivity contribution < 1.29 is 8.78 Å². The summed E-state index contributed by atoms with van der Waals surface area (Å²) in [6.07, 6.45) is 1.80. The summed E-state index contributed by atoms with van der Waals surface area (Å²) >= 11 is 0. The van der Waals surface area contributed by atoms with Crippen molar-refractivity contribution in [1.29, 1.82) is 0 Å². The van der Waals surface area contributed by atoms with Gasteiger partial charge >= 0.3 is 0 Å². The van der Waals surface area contributed by atoms with E-state index in [2.05, 4.69) is 17.4 Å². The van der Waals surface area contributed by atoms with Crippen LogP contribution in [-0.2, 0) is 12.8 Å². The highest BCUT2D eigenvalue weighted by molar-refractivity contribution is 5.35. The van der Waals surface area contributed by atoms with Crippen LogP contribution in [0.2, 0.25) is 0 Å². The normalized spacial score (nSPS) is 16.0. The third-order valence-corrected chi connectivity index (χ3v) is 4.51. The van der Waals surface area contributed by atoms with Crippen LogP contribution in [0.1, 0.15) is 28.3 Å². The molecule has 0 saturated carbocycles. The summed E-state index contributed by atoms with van der Waals surface area (Å²) in [5.41, 5.74) is 3.41. The second-order valence-electron chi connectivity index (χ2n) is 5.80. The minimum atomic E-state index is -0.733. The Labute approximate surface area is 124 Å². The fourth-order valence-electron chi connectivity index (χ4n) is 3.37. The van der Waals surface area contributed by atoms with Gasteiger partial charge in [-0.15, -0.1) is 0 Å². The molecule has 3 rings (SSSR count). The zero-order valence-electron chi connectivity index (χ0n) is 12.3. The molecule has 0 aromatic heterocycles. The lowest BCUT2D eigenvalue weighted by Gasteiger charge is -2.24.